The maximum absolute atomic E-state index is 6.65. The average Bonchev–Trinajstić information content (AvgIpc) is 3.52. The summed E-state index contributed by atoms with van der Waals surface area (Å²) in [5.74, 6) is 0. The molecule has 10 rings (SSSR count). The van der Waals surface area contributed by atoms with E-state index in [1.54, 1.807) is 0 Å². The molecule has 0 saturated carbocycles. The van der Waals surface area contributed by atoms with Crippen LogP contribution >= 0.6 is 0 Å². The van der Waals surface area contributed by atoms with Gasteiger partial charge in [-0.2, -0.15) is 0 Å². The predicted molar refractivity (Wildman–Crippen MR) is 200 cm³/mol. The van der Waals surface area contributed by atoms with E-state index in [4.69, 9.17) is 4.42 Å². The first kappa shape index (κ1) is 26.1. The molecule has 1 aromatic heterocycles. The van der Waals surface area contributed by atoms with Gasteiger partial charge in [-0.05, 0) is 77.5 Å². The van der Waals surface area contributed by atoms with Gasteiger partial charge in [0.15, 0.2) is 0 Å². The fraction of sp³-hybridized carbons (Fsp3) is 0. The predicted octanol–water partition coefficient (Wildman–Crippen LogP) is 13.2. The fourth-order valence-corrected chi connectivity index (χ4v) is 7.79. The molecule has 0 fully saturated rings. The summed E-state index contributed by atoms with van der Waals surface area (Å²) in [6.07, 6.45) is 0. The second-order valence-corrected chi connectivity index (χ2v) is 12.4. The number of hydrogen-bond acceptors (Lipinski definition) is 1. The van der Waals surface area contributed by atoms with E-state index in [1.165, 1.54) is 70.9 Å². The van der Waals surface area contributed by atoms with Crippen LogP contribution in [0.2, 0.25) is 0 Å². The molecular weight excluding hydrogens is 569 g/mol. The second-order valence-electron chi connectivity index (χ2n) is 12.4. The number of rotatable bonds is 3. The van der Waals surface area contributed by atoms with Gasteiger partial charge in [-0.15, -0.1) is 0 Å². The maximum Gasteiger partial charge on any atom is 0.143 e. The van der Waals surface area contributed by atoms with Crippen molar-refractivity contribution in [3.63, 3.8) is 0 Å². The van der Waals surface area contributed by atoms with Gasteiger partial charge in [0.05, 0.1) is 0 Å². The Balaban J connectivity index is 1.39. The molecule has 0 amide bonds. The van der Waals surface area contributed by atoms with Gasteiger partial charge in [0.2, 0.25) is 0 Å². The van der Waals surface area contributed by atoms with Crippen molar-refractivity contribution in [2.75, 3.05) is 0 Å². The molecule has 0 aliphatic heterocycles. The fourth-order valence-electron chi connectivity index (χ4n) is 7.79. The Labute approximate surface area is 271 Å². The van der Waals surface area contributed by atoms with Gasteiger partial charge >= 0.3 is 0 Å². The van der Waals surface area contributed by atoms with Crippen molar-refractivity contribution in [3.05, 3.63) is 170 Å². The lowest BCUT2D eigenvalue weighted by molar-refractivity contribution is 0.670. The molecule has 0 atom stereocenters. The van der Waals surface area contributed by atoms with Gasteiger partial charge in [0, 0.05) is 21.9 Å². The Morgan fingerprint density at radius 1 is 0.298 bits per heavy atom. The van der Waals surface area contributed by atoms with Gasteiger partial charge in [-0.1, -0.05) is 158 Å². The molecule has 0 bridgehead atoms. The van der Waals surface area contributed by atoms with Gasteiger partial charge in [-0.3, -0.25) is 0 Å². The smallest absolute Gasteiger partial charge is 0.143 e. The van der Waals surface area contributed by atoms with Crippen LogP contribution < -0.4 is 0 Å². The zero-order valence-corrected chi connectivity index (χ0v) is 25.6. The Bertz CT molecular complexity index is 2840. The molecule has 0 spiro atoms. The summed E-state index contributed by atoms with van der Waals surface area (Å²) in [5, 5.41) is 12.2. The standard InChI is InChI=1S/C46H28O/c1-3-16-32-29(12-1)14-9-21-34(32)31-26-27-39-42(28-31)45(36-22-10-15-30-13-2-4-17-33(30)36)38-20-6-5-19-37(38)44(39)41-24-11-23-40-35-18-7-8-25-43(35)47-46(40)41/h1-28H. The first-order valence-electron chi connectivity index (χ1n) is 16.2. The molecule has 0 N–H and O–H groups in total. The summed E-state index contributed by atoms with van der Waals surface area (Å²) in [7, 11) is 0. The van der Waals surface area contributed by atoms with Gasteiger partial charge in [0.1, 0.15) is 11.2 Å². The van der Waals surface area contributed by atoms with Crippen LogP contribution in [-0.2, 0) is 0 Å². The normalized spacial score (nSPS) is 11.8. The highest BCUT2D eigenvalue weighted by atomic mass is 16.3. The first-order chi connectivity index (χ1) is 23.3. The molecule has 9 aromatic carbocycles. The first-order valence-corrected chi connectivity index (χ1v) is 16.2. The molecule has 218 valence electrons. The van der Waals surface area contributed by atoms with E-state index in [1.807, 2.05) is 6.07 Å². The lowest BCUT2D eigenvalue weighted by Crippen LogP contribution is -1.93. The SMILES string of the molecule is c1ccc2c(-c3ccc4c(-c5cccc6c5oc5ccccc56)c5ccccc5c(-c5cccc6ccccc56)c4c3)cccc2c1. The van der Waals surface area contributed by atoms with Crippen LogP contribution in [0.15, 0.2) is 174 Å². The molecule has 0 aliphatic rings. The van der Waals surface area contributed by atoms with Crippen molar-refractivity contribution in [1.29, 1.82) is 0 Å². The van der Waals surface area contributed by atoms with Gasteiger partial charge in [-0.25, -0.2) is 0 Å². The second kappa shape index (κ2) is 10.2. The van der Waals surface area contributed by atoms with Crippen molar-refractivity contribution in [2.45, 2.75) is 0 Å². The van der Waals surface area contributed by atoms with Crippen LogP contribution in [0, 0.1) is 0 Å². The average molecular weight is 597 g/mol. The van der Waals surface area contributed by atoms with E-state index in [0.717, 1.165) is 27.5 Å². The number of fused-ring (bicyclic) bond motifs is 7. The molecule has 1 heterocycles. The third-order valence-corrected chi connectivity index (χ3v) is 9.86. The Morgan fingerprint density at radius 3 is 1.53 bits per heavy atom. The van der Waals surface area contributed by atoms with Crippen LogP contribution in [0.3, 0.4) is 0 Å². The topological polar surface area (TPSA) is 13.1 Å². The lowest BCUT2D eigenvalue weighted by Gasteiger charge is -2.20. The molecular formula is C46H28O. The number of furan rings is 1. The largest absolute Gasteiger partial charge is 0.455 e. The van der Waals surface area contributed by atoms with Crippen LogP contribution in [0.5, 0.6) is 0 Å². The minimum absolute atomic E-state index is 0.911. The molecule has 0 unspecified atom stereocenters. The summed E-state index contributed by atoms with van der Waals surface area (Å²) in [5.41, 5.74) is 9.10. The zero-order valence-electron chi connectivity index (χ0n) is 25.6. The summed E-state index contributed by atoms with van der Waals surface area (Å²) < 4.78 is 6.65. The Morgan fingerprint density at radius 2 is 0.787 bits per heavy atom. The third-order valence-electron chi connectivity index (χ3n) is 9.86. The quantitative estimate of drug-likeness (QED) is 0.185. The minimum atomic E-state index is 0.911. The van der Waals surface area contributed by atoms with Gasteiger partial charge in [0.25, 0.3) is 0 Å². The van der Waals surface area contributed by atoms with E-state index in [2.05, 4.69) is 164 Å². The van der Waals surface area contributed by atoms with Crippen molar-refractivity contribution in [2.24, 2.45) is 0 Å². The summed E-state index contributed by atoms with van der Waals surface area (Å²) in [4.78, 5) is 0. The molecule has 47 heavy (non-hydrogen) atoms. The van der Waals surface area contributed by atoms with E-state index in [-0.39, 0.29) is 0 Å². The summed E-state index contributed by atoms with van der Waals surface area (Å²) >= 11 is 0. The van der Waals surface area contributed by atoms with E-state index in [9.17, 15) is 0 Å². The minimum Gasteiger partial charge on any atom is -0.455 e. The molecule has 0 aliphatic carbocycles. The van der Waals surface area contributed by atoms with Crippen molar-refractivity contribution in [3.8, 4) is 33.4 Å². The Kier molecular flexibility index (Phi) is 5.64. The molecule has 1 nitrogen and oxygen atoms in total. The van der Waals surface area contributed by atoms with E-state index in [0.29, 0.717) is 0 Å². The number of hydrogen-bond donors (Lipinski definition) is 0. The molecule has 10 aromatic rings. The number of benzene rings is 9. The summed E-state index contributed by atoms with van der Waals surface area (Å²) in [6, 6.07) is 61.6. The summed E-state index contributed by atoms with van der Waals surface area (Å²) in [6.45, 7) is 0. The lowest BCUT2D eigenvalue weighted by atomic mass is 9.83. The van der Waals surface area contributed by atoms with Crippen molar-refractivity contribution < 1.29 is 4.42 Å². The van der Waals surface area contributed by atoms with Crippen LogP contribution in [0.1, 0.15) is 0 Å². The van der Waals surface area contributed by atoms with Gasteiger partial charge < -0.3 is 4.42 Å². The zero-order chi connectivity index (χ0) is 30.9. The Hall–Kier alpha value is -6.18. The van der Waals surface area contributed by atoms with E-state index < -0.39 is 0 Å². The molecule has 1 heteroatoms. The third kappa shape index (κ3) is 3.90. The molecule has 0 saturated heterocycles. The molecule has 0 radical (unpaired) electrons. The van der Waals surface area contributed by atoms with Crippen molar-refractivity contribution >= 4 is 65.0 Å². The van der Waals surface area contributed by atoms with Crippen molar-refractivity contribution in [1.82, 2.24) is 0 Å². The van der Waals surface area contributed by atoms with Crippen LogP contribution in [0.25, 0.3) is 98.4 Å². The highest BCUT2D eigenvalue weighted by molar-refractivity contribution is 6.26. The van der Waals surface area contributed by atoms with Crippen LogP contribution in [0.4, 0.5) is 0 Å². The highest BCUT2D eigenvalue weighted by Crippen LogP contribution is 2.48. The monoisotopic (exact) mass is 596 g/mol. The number of para-hydroxylation sites is 2. The maximum atomic E-state index is 6.65. The van der Waals surface area contributed by atoms with E-state index >= 15 is 0 Å². The van der Waals surface area contributed by atoms with Crippen LogP contribution in [-0.4, -0.2) is 0 Å². The highest BCUT2D eigenvalue weighted by Gasteiger charge is 2.21.